The van der Waals surface area contributed by atoms with E-state index in [1.54, 1.807) is 6.92 Å². The first-order valence-electron chi connectivity index (χ1n) is 8.18. The SMILES string of the molecule is Cc1cc(O)ccc1O.c1ccc(OCC2CO2)c(OCC2CO2)c1. The van der Waals surface area contributed by atoms with E-state index in [9.17, 15) is 0 Å². The van der Waals surface area contributed by atoms with Gasteiger partial charge in [0.2, 0.25) is 0 Å². The molecule has 2 unspecified atom stereocenters. The maximum Gasteiger partial charge on any atom is 0.161 e. The van der Waals surface area contributed by atoms with Crippen LogP contribution in [0.2, 0.25) is 0 Å². The number of phenols is 2. The molecule has 0 saturated carbocycles. The zero-order valence-electron chi connectivity index (χ0n) is 14.1. The molecule has 2 saturated heterocycles. The lowest BCUT2D eigenvalue weighted by Crippen LogP contribution is -2.08. The summed E-state index contributed by atoms with van der Waals surface area (Å²) in [6, 6.07) is 12.1. The van der Waals surface area contributed by atoms with Gasteiger partial charge in [0, 0.05) is 0 Å². The molecular formula is C19H22O6. The van der Waals surface area contributed by atoms with Gasteiger partial charge in [-0.3, -0.25) is 0 Å². The zero-order chi connectivity index (χ0) is 17.6. The molecule has 2 fully saturated rings. The smallest absolute Gasteiger partial charge is 0.161 e. The molecule has 0 aliphatic carbocycles. The predicted octanol–water partition coefficient (Wildman–Crippen LogP) is 2.65. The zero-order valence-corrected chi connectivity index (χ0v) is 14.1. The van der Waals surface area contributed by atoms with Gasteiger partial charge in [0.1, 0.15) is 36.9 Å². The second-order valence-corrected chi connectivity index (χ2v) is 5.95. The van der Waals surface area contributed by atoms with E-state index < -0.39 is 0 Å². The summed E-state index contributed by atoms with van der Waals surface area (Å²) < 4.78 is 21.4. The molecular weight excluding hydrogens is 324 g/mol. The van der Waals surface area contributed by atoms with E-state index in [0.717, 1.165) is 24.7 Å². The molecule has 2 aliphatic rings. The van der Waals surface area contributed by atoms with Crippen LogP contribution in [-0.2, 0) is 9.47 Å². The fourth-order valence-corrected chi connectivity index (χ4v) is 2.02. The van der Waals surface area contributed by atoms with Gasteiger partial charge in [0.15, 0.2) is 11.5 Å². The Morgan fingerprint density at radius 3 is 1.84 bits per heavy atom. The summed E-state index contributed by atoms with van der Waals surface area (Å²) in [6.07, 6.45) is 0.527. The molecule has 25 heavy (non-hydrogen) atoms. The molecule has 2 aliphatic heterocycles. The number of benzene rings is 2. The standard InChI is InChI=1S/C12H14O4.C7H8O2/c1-2-4-12(16-8-10-6-14-10)11(3-1)15-7-9-5-13-9;1-5-4-6(8)2-3-7(5)9/h1-4,9-10H,5-8H2;2-4,8-9H,1H3. The van der Waals surface area contributed by atoms with Crippen LogP contribution in [0.25, 0.3) is 0 Å². The molecule has 0 amide bonds. The van der Waals surface area contributed by atoms with Crippen molar-refractivity contribution in [2.75, 3.05) is 26.4 Å². The Balaban J connectivity index is 0.000000173. The lowest BCUT2D eigenvalue weighted by atomic mass is 10.2. The molecule has 2 heterocycles. The van der Waals surface area contributed by atoms with Crippen molar-refractivity contribution in [1.29, 1.82) is 0 Å². The Labute approximate surface area is 146 Å². The molecule has 134 valence electrons. The third-order valence-electron chi connectivity index (χ3n) is 3.68. The number of rotatable bonds is 6. The van der Waals surface area contributed by atoms with Crippen LogP contribution >= 0.6 is 0 Å². The largest absolute Gasteiger partial charge is 0.508 e. The maximum absolute atomic E-state index is 8.93. The van der Waals surface area contributed by atoms with E-state index in [1.165, 1.54) is 18.2 Å². The summed E-state index contributed by atoms with van der Waals surface area (Å²) in [6.45, 7) is 4.54. The third-order valence-corrected chi connectivity index (χ3v) is 3.68. The first-order valence-corrected chi connectivity index (χ1v) is 8.18. The Morgan fingerprint density at radius 2 is 1.44 bits per heavy atom. The van der Waals surface area contributed by atoms with Crippen molar-refractivity contribution in [1.82, 2.24) is 0 Å². The number of para-hydroxylation sites is 2. The van der Waals surface area contributed by atoms with Gasteiger partial charge in [0.05, 0.1) is 13.2 Å². The summed E-state index contributed by atoms with van der Waals surface area (Å²) in [7, 11) is 0. The maximum atomic E-state index is 8.93. The van der Waals surface area contributed by atoms with Gasteiger partial charge in [-0.05, 0) is 42.8 Å². The predicted molar refractivity (Wildman–Crippen MR) is 91.4 cm³/mol. The minimum atomic E-state index is 0.185. The highest BCUT2D eigenvalue weighted by atomic mass is 16.6. The van der Waals surface area contributed by atoms with Crippen molar-refractivity contribution in [3.05, 3.63) is 48.0 Å². The van der Waals surface area contributed by atoms with Crippen molar-refractivity contribution in [2.45, 2.75) is 19.1 Å². The molecule has 0 spiro atoms. The van der Waals surface area contributed by atoms with Gasteiger partial charge in [-0.1, -0.05) is 12.1 Å². The van der Waals surface area contributed by atoms with Crippen LogP contribution in [0.4, 0.5) is 0 Å². The first-order chi connectivity index (χ1) is 12.1. The number of hydrogen-bond donors (Lipinski definition) is 2. The van der Waals surface area contributed by atoms with Crippen molar-refractivity contribution in [3.63, 3.8) is 0 Å². The van der Waals surface area contributed by atoms with Crippen LogP contribution in [0.5, 0.6) is 23.0 Å². The second kappa shape index (κ2) is 8.09. The van der Waals surface area contributed by atoms with Crippen LogP contribution in [0.1, 0.15) is 5.56 Å². The Bertz CT molecular complexity index is 659. The van der Waals surface area contributed by atoms with Gasteiger partial charge < -0.3 is 29.2 Å². The van der Waals surface area contributed by atoms with Gasteiger partial charge in [-0.2, -0.15) is 0 Å². The van der Waals surface area contributed by atoms with Gasteiger partial charge >= 0.3 is 0 Å². The molecule has 2 N–H and O–H groups in total. The van der Waals surface area contributed by atoms with Crippen molar-refractivity contribution in [3.8, 4) is 23.0 Å². The van der Waals surface area contributed by atoms with Gasteiger partial charge in [0.25, 0.3) is 0 Å². The van der Waals surface area contributed by atoms with E-state index in [4.69, 9.17) is 29.2 Å². The Hall–Kier alpha value is -2.44. The minimum Gasteiger partial charge on any atom is -0.508 e. The van der Waals surface area contributed by atoms with E-state index in [-0.39, 0.29) is 23.7 Å². The number of aromatic hydroxyl groups is 2. The average molecular weight is 346 g/mol. The molecule has 0 aromatic heterocycles. The van der Waals surface area contributed by atoms with E-state index >= 15 is 0 Å². The summed E-state index contributed by atoms with van der Waals surface area (Å²) in [5.41, 5.74) is 0.690. The van der Waals surface area contributed by atoms with Gasteiger partial charge in [-0.15, -0.1) is 0 Å². The second-order valence-electron chi connectivity index (χ2n) is 5.95. The van der Waals surface area contributed by atoms with Crippen LogP contribution in [0, 0.1) is 6.92 Å². The lowest BCUT2D eigenvalue weighted by Gasteiger charge is -2.10. The minimum absolute atomic E-state index is 0.185. The van der Waals surface area contributed by atoms with E-state index in [0.29, 0.717) is 18.8 Å². The van der Waals surface area contributed by atoms with Crippen LogP contribution in [0.15, 0.2) is 42.5 Å². The molecule has 2 atom stereocenters. The quantitative estimate of drug-likeness (QED) is 0.618. The fraction of sp³-hybridized carbons (Fsp3) is 0.368. The summed E-state index contributed by atoms with van der Waals surface area (Å²) in [5.74, 6) is 1.95. The summed E-state index contributed by atoms with van der Waals surface area (Å²) in [5, 5.41) is 17.8. The highest BCUT2D eigenvalue weighted by molar-refractivity contribution is 5.39. The van der Waals surface area contributed by atoms with Crippen LogP contribution < -0.4 is 9.47 Å². The van der Waals surface area contributed by atoms with Crippen LogP contribution in [0.3, 0.4) is 0 Å². The van der Waals surface area contributed by atoms with E-state index in [1.807, 2.05) is 24.3 Å². The van der Waals surface area contributed by atoms with Crippen molar-refractivity contribution >= 4 is 0 Å². The number of aryl methyl sites for hydroxylation is 1. The third kappa shape index (κ3) is 5.85. The molecule has 0 radical (unpaired) electrons. The van der Waals surface area contributed by atoms with E-state index in [2.05, 4.69) is 0 Å². The molecule has 4 rings (SSSR count). The number of epoxide rings is 2. The normalized spacial score (nSPS) is 20.2. The Kier molecular flexibility index (Phi) is 5.63. The first kappa shape index (κ1) is 17.4. The molecule has 0 bridgehead atoms. The molecule has 6 nitrogen and oxygen atoms in total. The monoisotopic (exact) mass is 346 g/mol. The van der Waals surface area contributed by atoms with Crippen molar-refractivity contribution in [2.24, 2.45) is 0 Å². The van der Waals surface area contributed by atoms with Gasteiger partial charge in [-0.25, -0.2) is 0 Å². The fourth-order valence-electron chi connectivity index (χ4n) is 2.02. The highest BCUT2D eigenvalue weighted by Gasteiger charge is 2.25. The topological polar surface area (TPSA) is 84.0 Å². The molecule has 6 heteroatoms. The number of phenolic OH excluding ortho intramolecular Hbond substituents is 2. The molecule has 2 aromatic carbocycles. The molecule has 2 aromatic rings. The number of ether oxygens (including phenoxy) is 4. The lowest BCUT2D eigenvalue weighted by molar-refractivity contribution is 0.228. The van der Waals surface area contributed by atoms with Crippen molar-refractivity contribution < 1.29 is 29.2 Å². The average Bonchev–Trinajstić information content (AvgIpc) is 3.50. The summed E-state index contributed by atoms with van der Waals surface area (Å²) >= 11 is 0. The Morgan fingerprint density at radius 1 is 0.920 bits per heavy atom. The number of hydrogen-bond acceptors (Lipinski definition) is 6. The summed E-state index contributed by atoms with van der Waals surface area (Å²) in [4.78, 5) is 0. The van der Waals surface area contributed by atoms with Crippen LogP contribution in [-0.4, -0.2) is 48.8 Å². The highest BCUT2D eigenvalue weighted by Crippen LogP contribution is 2.28.